The van der Waals surface area contributed by atoms with E-state index in [2.05, 4.69) is 29.2 Å². The van der Waals surface area contributed by atoms with Crippen molar-refractivity contribution >= 4 is 11.7 Å². The number of hydrogen-bond acceptors (Lipinski definition) is 3. The number of benzene rings is 3. The fourth-order valence-electron chi connectivity index (χ4n) is 6.06. The average molecular weight is 485 g/mol. The van der Waals surface area contributed by atoms with Crippen molar-refractivity contribution in [3.05, 3.63) is 107 Å². The van der Waals surface area contributed by atoms with E-state index in [1.54, 1.807) is 25.1 Å². The molecule has 5 heteroatoms. The Bertz CT molecular complexity index is 1230. The number of rotatable bonds is 6. The van der Waals surface area contributed by atoms with Gasteiger partial charge in [-0.25, -0.2) is 4.39 Å². The molecule has 1 atom stereocenters. The molecule has 36 heavy (non-hydrogen) atoms. The van der Waals surface area contributed by atoms with Crippen LogP contribution in [0.2, 0.25) is 0 Å². The highest BCUT2D eigenvalue weighted by molar-refractivity contribution is 5.95. The maximum atomic E-state index is 14.5. The van der Waals surface area contributed by atoms with Crippen molar-refractivity contribution in [2.75, 3.05) is 26.2 Å². The van der Waals surface area contributed by atoms with Crippen LogP contribution in [0.15, 0.2) is 78.9 Å². The first-order valence-electron chi connectivity index (χ1n) is 12.9. The van der Waals surface area contributed by atoms with E-state index in [-0.39, 0.29) is 23.3 Å². The average Bonchev–Trinajstić information content (AvgIpc) is 2.92. The summed E-state index contributed by atoms with van der Waals surface area (Å²) in [5, 5.41) is 0. The van der Waals surface area contributed by atoms with Crippen LogP contribution >= 0.6 is 0 Å². The smallest absolute Gasteiger partial charge is 0.257 e. The van der Waals surface area contributed by atoms with Crippen molar-refractivity contribution in [3.63, 3.8) is 0 Å². The summed E-state index contributed by atoms with van der Waals surface area (Å²) in [5.41, 5.74) is 3.25. The molecule has 2 aliphatic rings. The minimum absolute atomic E-state index is 0.101. The molecule has 4 nitrogen and oxygen atoms in total. The molecule has 0 radical (unpaired) electrons. The van der Waals surface area contributed by atoms with Crippen molar-refractivity contribution in [3.8, 4) is 0 Å². The second kappa shape index (κ2) is 10.4. The van der Waals surface area contributed by atoms with Crippen LogP contribution in [0, 0.1) is 5.82 Å². The largest absolute Gasteiger partial charge is 0.331 e. The summed E-state index contributed by atoms with van der Waals surface area (Å²) in [7, 11) is 0. The van der Waals surface area contributed by atoms with Crippen molar-refractivity contribution in [1.29, 1.82) is 0 Å². The number of piperidine rings is 1. The van der Waals surface area contributed by atoms with E-state index in [1.165, 1.54) is 11.6 Å². The van der Waals surface area contributed by atoms with Crippen LogP contribution in [-0.4, -0.2) is 47.7 Å². The molecule has 5 rings (SSSR count). The van der Waals surface area contributed by atoms with Crippen LogP contribution in [0.25, 0.3) is 0 Å². The number of nitrogens with zero attached hydrogens (tertiary/aromatic N) is 2. The van der Waals surface area contributed by atoms with Gasteiger partial charge in [-0.2, -0.15) is 0 Å². The molecule has 2 aliphatic heterocycles. The first-order valence-corrected chi connectivity index (χ1v) is 12.9. The lowest BCUT2D eigenvalue weighted by Gasteiger charge is -2.42. The summed E-state index contributed by atoms with van der Waals surface area (Å²) >= 11 is 0. The highest BCUT2D eigenvalue weighted by Crippen LogP contribution is 2.38. The molecule has 3 aromatic rings. The Morgan fingerprint density at radius 3 is 2.28 bits per heavy atom. The minimum atomic E-state index is -0.474. The highest BCUT2D eigenvalue weighted by Gasteiger charge is 2.40. The molecule has 0 saturated carbocycles. The molecule has 1 unspecified atom stereocenters. The molecule has 0 bridgehead atoms. The summed E-state index contributed by atoms with van der Waals surface area (Å²) in [5.74, 6) is -0.486. The lowest BCUT2D eigenvalue weighted by atomic mass is 9.70. The number of halogens is 1. The monoisotopic (exact) mass is 484 g/mol. The van der Waals surface area contributed by atoms with Gasteiger partial charge in [0.2, 0.25) is 0 Å². The molecule has 0 aliphatic carbocycles. The highest BCUT2D eigenvalue weighted by atomic mass is 19.1. The summed E-state index contributed by atoms with van der Waals surface area (Å²) in [6, 6.07) is 24.6. The van der Waals surface area contributed by atoms with Gasteiger partial charge in [-0.3, -0.25) is 9.59 Å². The molecule has 1 amide bonds. The zero-order chi connectivity index (χ0) is 25.1. The lowest BCUT2D eigenvalue weighted by molar-refractivity contribution is -0.124. The summed E-state index contributed by atoms with van der Waals surface area (Å²) in [6.07, 6.45) is 3.14. The van der Waals surface area contributed by atoms with Crippen LogP contribution in [-0.2, 0) is 16.6 Å². The van der Waals surface area contributed by atoms with Crippen LogP contribution in [0.3, 0.4) is 0 Å². The number of hydrogen-bond donors (Lipinski definition) is 0. The van der Waals surface area contributed by atoms with E-state index in [9.17, 15) is 14.0 Å². The SMILES string of the molecule is CC(=O)C1(c2ccccc2)CCN(CCC2c3ccccc3CCN2C(=O)c2ccccc2F)CC1. The normalized spacial score (nSPS) is 19.5. The number of likely N-dealkylation sites (tertiary alicyclic amines) is 1. The van der Waals surface area contributed by atoms with E-state index in [0.717, 1.165) is 56.4 Å². The molecule has 1 saturated heterocycles. The van der Waals surface area contributed by atoms with Gasteiger partial charge in [-0.1, -0.05) is 66.7 Å². The summed E-state index contributed by atoms with van der Waals surface area (Å²) in [6.45, 7) is 4.79. The summed E-state index contributed by atoms with van der Waals surface area (Å²) < 4.78 is 14.5. The van der Waals surface area contributed by atoms with Crippen LogP contribution in [0.5, 0.6) is 0 Å². The molecule has 1 fully saturated rings. The number of fused-ring (bicyclic) bond motifs is 1. The molecular formula is C31H33FN2O2. The van der Waals surface area contributed by atoms with Crippen molar-refractivity contribution in [2.24, 2.45) is 0 Å². The maximum Gasteiger partial charge on any atom is 0.257 e. The number of carbonyl (C=O) groups is 2. The Morgan fingerprint density at radius 1 is 0.889 bits per heavy atom. The molecule has 0 aromatic heterocycles. The van der Waals surface area contributed by atoms with Gasteiger partial charge in [0.25, 0.3) is 5.91 Å². The third-order valence-electron chi connectivity index (χ3n) is 8.21. The Kier molecular flexibility index (Phi) is 7.01. The lowest BCUT2D eigenvalue weighted by Crippen LogP contribution is -2.47. The predicted octanol–water partition coefficient (Wildman–Crippen LogP) is 5.58. The number of carbonyl (C=O) groups excluding carboxylic acids is 2. The Hall–Kier alpha value is -3.31. The van der Waals surface area contributed by atoms with Crippen LogP contribution < -0.4 is 0 Å². The molecule has 2 heterocycles. The first-order chi connectivity index (χ1) is 17.5. The van der Waals surface area contributed by atoms with E-state index in [4.69, 9.17) is 0 Å². The van der Waals surface area contributed by atoms with E-state index < -0.39 is 11.2 Å². The Morgan fingerprint density at radius 2 is 1.56 bits per heavy atom. The van der Waals surface area contributed by atoms with Gasteiger partial charge in [-0.15, -0.1) is 0 Å². The van der Waals surface area contributed by atoms with E-state index in [0.29, 0.717) is 6.54 Å². The van der Waals surface area contributed by atoms with Gasteiger partial charge in [0.15, 0.2) is 0 Å². The fraction of sp³-hybridized carbons (Fsp3) is 0.355. The standard InChI is InChI=1S/C31H33FN2O2/c1-23(35)31(25-10-3-2-4-11-25)17-21-33(22-18-31)19-16-29-26-12-6-5-9-24(26)15-20-34(29)30(36)27-13-7-8-14-28(27)32/h2-14,29H,15-22H2,1H3. The van der Waals surface area contributed by atoms with E-state index in [1.807, 2.05) is 35.2 Å². The van der Waals surface area contributed by atoms with Gasteiger partial charge < -0.3 is 9.80 Å². The van der Waals surface area contributed by atoms with Crippen LogP contribution in [0.4, 0.5) is 4.39 Å². The van der Waals surface area contributed by atoms with Crippen molar-refractivity contribution in [1.82, 2.24) is 9.80 Å². The summed E-state index contributed by atoms with van der Waals surface area (Å²) in [4.78, 5) is 30.5. The zero-order valence-electron chi connectivity index (χ0n) is 20.8. The fourth-order valence-corrected chi connectivity index (χ4v) is 6.06. The number of amides is 1. The Balaban J connectivity index is 1.32. The third-order valence-corrected chi connectivity index (χ3v) is 8.21. The molecule has 186 valence electrons. The second-order valence-corrected chi connectivity index (χ2v) is 10.1. The molecule has 0 N–H and O–H groups in total. The van der Waals surface area contributed by atoms with Crippen LogP contribution in [0.1, 0.15) is 59.3 Å². The predicted molar refractivity (Wildman–Crippen MR) is 139 cm³/mol. The van der Waals surface area contributed by atoms with Gasteiger partial charge in [0.05, 0.1) is 17.0 Å². The quantitative estimate of drug-likeness (QED) is 0.459. The maximum absolute atomic E-state index is 14.5. The van der Waals surface area contributed by atoms with E-state index >= 15 is 0 Å². The van der Waals surface area contributed by atoms with Crippen molar-refractivity contribution < 1.29 is 14.0 Å². The molecular weight excluding hydrogens is 451 g/mol. The van der Waals surface area contributed by atoms with Gasteiger partial charge in [0, 0.05) is 13.1 Å². The van der Waals surface area contributed by atoms with Gasteiger partial charge in [-0.05, 0) is 74.5 Å². The Labute approximate surface area is 212 Å². The number of ketones is 1. The zero-order valence-corrected chi connectivity index (χ0v) is 20.8. The molecule has 3 aromatic carbocycles. The topological polar surface area (TPSA) is 40.6 Å². The first kappa shape index (κ1) is 24.4. The minimum Gasteiger partial charge on any atom is -0.331 e. The van der Waals surface area contributed by atoms with Gasteiger partial charge in [0.1, 0.15) is 11.6 Å². The third kappa shape index (κ3) is 4.60. The number of Topliss-reactive ketones (excluding diaryl/α,β-unsaturated/α-hetero) is 1. The van der Waals surface area contributed by atoms with Gasteiger partial charge >= 0.3 is 0 Å². The molecule has 0 spiro atoms. The second-order valence-electron chi connectivity index (χ2n) is 10.1. The van der Waals surface area contributed by atoms with Crippen molar-refractivity contribution in [2.45, 2.75) is 44.1 Å².